The van der Waals surface area contributed by atoms with Gasteiger partial charge in [0.25, 0.3) is 0 Å². The summed E-state index contributed by atoms with van der Waals surface area (Å²) in [5.74, 6) is 0. The van der Waals surface area contributed by atoms with E-state index in [1.807, 2.05) is 0 Å². The highest BCUT2D eigenvalue weighted by Gasteiger charge is 2.56. The van der Waals surface area contributed by atoms with Gasteiger partial charge in [-0.15, -0.1) is 0 Å². The number of nitrogens with zero attached hydrogens (tertiary/aromatic N) is 4. The smallest absolute Gasteiger partial charge is 0.337 e. The van der Waals surface area contributed by atoms with E-state index in [9.17, 15) is 40.5 Å². The van der Waals surface area contributed by atoms with Gasteiger partial charge in [-0.05, 0) is 13.3 Å². The molecular formula is C10H18N4O10. The highest BCUT2D eigenvalue weighted by Crippen LogP contribution is 2.20. The van der Waals surface area contributed by atoms with E-state index in [1.165, 1.54) is 6.92 Å². The second-order valence-corrected chi connectivity index (χ2v) is 5.17. The van der Waals surface area contributed by atoms with E-state index >= 15 is 0 Å². The van der Waals surface area contributed by atoms with Gasteiger partial charge in [-0.1, -0.05) is 6.92 Å². The van der Waals surface area contributed by atoms with Gasteiger partial charge in [0.2, 0.25) is 0 Å². The van der Waals surface area contributed by atoms with Crippen LogP contribution in [-0.4, -0.2) is 50.5 Å². The molecule has 1 atom stereocenters. The second-order valence-electron chi connectivity index (χ2n) is 5.17. The van der Waals surface area contributed by atoms with Gasteiger partial charge in [-0.25, -0.2) is 0 Å². The van der Waals surface area contributed by atoms with Gasteiger partial charge in [-0.3, -0.25) is 40.5 Å². The molecule has 0 saturated carbocycles. The van der Waals surface area contributed by atoms with E-state index in [1.54, 1.807) is 0 Å². The van der Waals surface area contributed by atoms with Crippen molar-refractivity contribution in [3.8, 4) is 0 Å². The third-order valence-corrected chi connectivity index (χ3v) is 3.26. The fourth-order valence-electron chi connectivity index (χ4n) is 1.57. The van der Waals surface area contributed by atoms with Crippen LogP contribution in [0.5, 0.6) is 0 Å². The highest BCUT2D eigenvalue weighted by atomic mass is 16.7. The normalized spacial score (nSPS) is 13.3. The second kappa shape index (κ2) is 8.39. The van der Waals surface area contributed by atoms with Gasteiger partial charge < -0.3 is 9.47 Å². The summed E-state index contributed by atoms with van der Waals surface area (Å²) < 4.78 is 9.70. The molecule has 0 heterocycles. The van der Waals surface area contributed by atoms with Crippen LogP contribution in [0.2, 0.25) is 0 Å². The number of hydrogen-bond acceptors (Lipinski definition) is 10. The van der Waals surface area contributed by atoms with Gasteiger partial charge in [0.15, 0.2) is 19.5 Å². The standard InChI is InChI=1S/C10H18N4O10/c1-4-5-10(13(19)20,14(21)22)7-24-8(2)23-6-9(3,11(15)16)12(17)18/h8H,4-7H2,1-3H3. The molecule has 0 spiro atoms. The molecule has 0 aliphatic carbocycles. The molecule has 0 N–H and O–H groups in total. The van der Waals surface area contributed by atoms with E-state index < -0.39 is 56.9 Å². The molecule has 138 valence electrons. The molecule has 0 bridgehead atoms. The number of hydrogen-bond donors (Lipinski definition) is 0. The molecule has 1 unspecified atom stereocenters. The molecule has 0 saturated heterocycles. The minimum atomic E-state index is -2.63. The van der Waals surface area contributed by atoms with Crippen LogP contribution >= 0.6 is 0 Å². The molecular weight excluding hydrogens is 336 g/mol. The molecule has 0 rings (SSSR count). The van der Waals surface area contributed by atoms with Crippen molar-refractivity contribution in [1.82, 2.24) is 0 Å². The fourth-order valence-corrected chi connectivity index (χ4v) is 1.57. The van der Waals surface area contributed by atoms with Gasteiger partial charge in [0.05, 0.1) is 13.3 Å². The third kappa shape index (κ3) is 4.76. The maximum atomic E-state index is 11.0. The summed E-state index contributed by atoms with van der Waals surface area (Å²) in [6.45, 7) is 1.47. The molecule has 0 aromatic rings. The Morgan fingerprint density at radius 2 is 1.29 bits per heavy atom. The summed E-state index contributed by atoms with van der Waals surface area (Å²) >= 11 is 0. The van der Waals surface area contributed by atoms with Gasteiger partial charge in [0.1, 0.15) is 19.7 Å². The lowest BCUT2D eigenvalue weighted by Crippen LogP contribution is -2.51. The van der Waals surface area contributed by atoms with Crippen molar-refractivity contribution in [2.45, 2.75) is 51.2 Å². The predicted octanol–water partition coefficient (Wildman–Crippen LogP) is 0.685. The largest absolute Gasteiger partial charge is 0.480 e. The lowest BCUT2D eigenvalue weighted by molar-refractivity contribution is -0.801. The summed E-state index contributed by atoms with van der Waals surface area (Å²) in [6.07, 6.45) is -1.62. The predicted molar refractivity (Wildman–Crippen MR) is 75.4 cm³/mol. The molecule has 14 nitrogen and oxygen atoms in total. The molecule has 0 amide bonds. The molecule has 0 aliphatic heterocycles. The van der Waals surface area contributed by atoms with Crippen LogP contribution in [0, 0.1) is 40.5 Å². The minimum Gasteiger partial charge on any atom is -0.337 e. The first-order valence-electron chi connectivity index (χ1n) is 6.75. The molecule has 24 heavy (non-hydrogen) atoms. The van der Waals surface area contributed by atoms with Crippen molar-refractivity contribution in [3.63, 3.8) is 0 Å². The Bertz CT molecular complexity index is 482. The quantitative estimate of drug-likeness (QED) is 0.273. The van der Waals surface area contributed by atoms with Gasteiger partial charge in [0, 0.05) is 0 Å². The van der Waals surface area contributed by atoms with Crippen LogP contribution in [0.4, 0.5) is 0 Å². The molecule has 0 aromatic heterocycles. The lowest BCUT2D eigenvalue weighted by Gasteiger charge is -2.20. The summed E-state index contributed by atoms with van der Waals surface area (Å²) in [4.78, 5) is 39.0. The van der Waals surface area contributed by atoms with Gasteiger partial charge >= 0.3 is 11.3 Å². The molecule has 0 aliphatic rings. The third-order valence-electron chi connectivity index (χ3n) is 3.26. The van der Waals surface area contributed by atoms with Crippen LogP contribution in [-0.2, 0) is 9.47 Å². The summed E-state index contributed by atoms with van der Waals surface area (Å²) in [6, 6.07) is 0. The Labute approximate surface area is 135 Å². The van der Waals surface area contributed by atoms with Crippen LogP contribution in [0.15, 0.2) is 0 Å². The Morgan fingerprint density at radius 1 is 0.875 bits per heavy atom. The summed E-state index contributed by atoms with van der Waals surface area (Å²) in [7, 11) is 0. The topological polar surface area (TPSA) is 191 Å². The van der Waals surface area contributed by atoms with E-state index in [0.717, 1.165) is 13.8 Å². The van der Waals surface area contributed by atoms with E-state index in [-0.39, 0.29) is 6.42 Å². The first-order valence-corrected chi connectivity index (χ1v) is 6.75. The molecule has 14 heteroatoms. The Kier molecular flexibility index (Phi) is 7.53. The van der Waals surface area contributed by atoms with Crippen LogP contribution < -0.4 is 0 Å². The Morgan fingerprint density at radius 3 is 1.62 bits per heavy atom. The number of rotatable bonds is 12. The molecule has 0 aromatic carbocycles. The average Bonchev–Trinajstić information content (AvgIpc) is 2.47. The van der Waals surface area contributed by atoms with E-state index in [4.69, 9.17) is 9.47 Å². The monoisotopic (exact) mass is 354 g/mol. The van der Waals surface area contributed by atoms with Crippen LogP contribution in [0.25, 0.3) is 0 Å². The van der Waals surface area contributed by atoms with Crippen LogP contribution in [0.3, 0.4) is 0 Å². The zero-order chi connectivity index (χ0) is 19.1. The molecule has 0 fully saturated rings. The molecule has 0 radical (unpaired) electrons. The van der Waals surface area contributed by atoms with Crippen molar-refractivity contribution >= 4 is 0 Å². The van der Waals surface area contributed by atoms with Gasteiger partial charge in [-0.2, -0.15) is 0 Å². The summed E-state index contributed by atoms with van der Waals surface area (Å²) in [5.41, 5.74) is -5.22. The van der Waals surface area contributed by atoms with E-state index in [0.29, 0.717) is 0 Å². The van der Waals surface area contributed by atoms with Crippen molar-refractivity contribution in [2.24, 2.45) is 0 Å². The van der Waals surface area contributed by atoms with Crippen molar-refractivity contribution in [1.29, 1.82) is 0 Å². The van der Waals surface area contributed by atoms with Crippen molar-refractivity contribution < 1.29 is 29.2 Å². The summed E-state index contributed by atoms with van der Waals surface area (Å²) in [5, 5.41) is 43.5. The average molecular weight is 354 g/mol. The highest BCUT2D eigenvalue weighted by molar-refractivity contribution is 4.66. The fraction of sp³-hybridized carbons (Fsp3) is 1.00. The number of ether oxygens (including phenoxy) is 2. The Balaban J connectivity index is 4.90. The van der Waals surface area contributed by atoms with Crippen molar-refractivity contribution in [2.75, 3.05) is 13.2 Å². The first-order chi connectivity index (χ1) is 10.9. The Hall–Kier alpha value is -2.48. The van der Waals surface area contributed by atoms with Crippen LogP contribution in [0.1, 0.15) is 33.6 Å². The lowest BCUT2D eigenvalue weighted by atomic mass is 10.1. The zero-order valence-corrected chi connectivity index (χ0v) is 13.3. The zero-order valence-electron chi connectivity index (χ0n) is 13.3. The van der Waals surface area contributed by atoms with Crippen molar-refractivity contribution in [3.05, 3.63) is 40.5 Å². The first kappa shape index (κ1) is 21.5. The number of nitro groups is 4. The van der Waals surface area contributed by atoms with E-state index in [2.05, 4.69) is 0 Å². The SMILES string of the molecule is CCCC(COC(C)OCC(C)([N+](=O)[O-])[N+](=O)[O-])([N+](=O)[O-])[N+](=O)[O-]. The maximum Gasteiger partial charge on any atom is 0.480 e. The maximum absolute atomic E-state index is 11.0. The minimum absolute atomic E-state index is 0.140.